The van der Waals surface area contributed by atoms with E-state index in [2.05, 4.69) is 4.72 Å². The van der Waals surface area contributed by atoms with Crippen molar-refractivity contribution >= 4 is 17.6 Å². The van der Waals surface area contributed by atoms with Crippen molar-refractivity contribution in [1.29, 1.82) is 0 Å². The fourth-order valence-corrected chi connectivity index (χ4v) is 1.42. The minimum absolute atomic E-state index is 0.0356. The van der Waals surface area contributed by atoms with Gasteiger partial charge in [-0.25, -0.2) is 4.72 Å². The first-order valence-corrected chi connectivity index (χ1v) is 4.31. The zero-order valence-electron chi connectivity index (χ0n) is 6.64. The number of nitrogens with zero attached hydrogens (tertiary/aromatic N) is 1. The number of nitro groups is 1. The third kappa shape index (κ3) is 2.69. The van der Waals surface area contributed by atoms with Crippen LogP contribution in [0.2, 0.25) is 0 Å². The molecule has 5 nitrogen and oxygen atoms in total. The van der Waals surface area contributed by atoms with E-state index < -0.39 is 4.92 Å². The molecule has 0 amide bonds. The van der Waals surface area contributed by atoms with E-state index in [1.165, 1.54) is 6.07 Å². The van der Waals surface area contributed by atoms with E-state index in [9.17, 15) is 10.1 Å². The van der Waals surface area contributed by atoms with E-state index in [1.54, 1.807) is 18.2 Å². The first kappa shape index (κ1) is 9.97. The zero-order chi connectivity index (χ0) is 9.68. The molecule has 0 unspecified atom stereocenters. The van der Waals surface area contributed by atoms with Crippen molar-refractivity contribution < 1.29 is 10.0 Å². The summed E-state index contributed by atoms with van der Waals surface area (Å²) in [6.07, 6.45) is 0. The molecule has 0 aromatic heterocycles. The number of hydrogen-bond donors (Lipinski definition) is 2. The van der Waals surface area contributed by atoms with Gasteiger partial charge in [-0.1, -0.05) is 12.1 Å². The SMILES string of the molecule is O=[N+]([O-])c1ccccc1SNCO. The predicted molar refractivity (Wildman–Crippen MR) is 49.2 cm³/mol. The maximum atomic E-state index is 10.5. The Hall–Kier alpha value is -1.11. The van der Waals surface area contributed by atoms with E-state index in [1.807, 2.05) is 0 Å². The van der Waals surface area contributed by atoms with Gasteiger partial charge in [-0.05, 0) is 18.0 Å². The Bertz CT molecular complexity index is 306. The van der Waals surface area contributed by atoms with Crippen LogP contribution in [-0.2, 0) is 0 Å². The molecule has 1 rings (SSSR count). The monoisotopic (exact) mass is 200 g/mol. The molecule has 0 aliphatic rings. The topological polar surface area (TPSA) is 75.4 Å². The smallest absolute Gasteiger partial charge is 0.284 e. The molecule has 0 aliphatic heterocycles. The molecule has 0 aliphatic carbocycles. The van der Waals surface area contributed by atoms with Gasteiger partial charge in [0, 0.05) is 6.07 Å². The number of rotatable bonds is 4. The van der Waals surface area contributed by atoms with Crippen molar-refractivity contribution in [3.63, 3.8) is 0 Å². The van der Waals surface area contributed by atoms with Crippen LogP contribution in [0.5, 0.6) is 0 Å². The van der Waals surface area contributed by atoms with E-state index in [4.69, 9.17) is 5.11 Å². The number of nitrogens with one attached hydrogen (secondary N) is 1. The number of para-hydroxylation sites is 1. The van der Waals surface area contributed by atoms with Crippen LogP contribution in [0.1, 0.15) is 0 Å². The lowest BCUT2D eigenvalue weighted by Crippen LogP contribution is -2.04. The molecular formula is C7H8N2O3S. The summed E-state index contributed by atoms with van der Waals surface area (Å²) in [6, 6.07) is 6.34. The minimum atomic E-state index is -0.457. The largest absolute Gasteiger partial charge is 0.381 e. The van der Waals surface area contributed by atoms with Crippen LogP contribution < -0.4 is 4.72 Å². The molecule has 0 bridgehead atoms. The van der Waals surface area contributed by atoms with Crippen molar-refractivity contribution in [2.45, 2.75) is 4.90 Å². The second-order valence-corrected chi connectivity index (χ2v) is 3.06. The van der Waals surface area contributed by atoms with Crippen molar-refractivity contribution in [2.24, 2.45) is 0 Å². The Morgan fingerprint density at radius 2 is 2.23 bits per heavy atom. The molecule has 0 fully saturated rings. The molecule has 1 aromatic rings. The molecule has 2 N–H and O–H groups in total. The Balaban J connectivity index is 2.84. The molecule has 0 heterocycles. The summed E-state index contributed by atoms with van der Waals surface area (Å²) >= 11 is 1.03. The number of hydrogen-bond acceptors (Lipinski definition) is 5. The summed E-state index contributed by atoms with van der Waals surface area (Å²) in [5.41, 5.74) is 0.0356. The van der Waals surface area contributed by atoms with Crippen molar-refractivity contribution in [2.75, 3.05) is 6.73 Å². The molecule has 0 spiro atoms. The number of nitro benzene ring substituents is 1. The fraction of sp³-hybridized carbons (Fsp3) is 0.143. The molecule has 0 saturated heterocycles. The second-order valence-electron chi connectivity index (χ2n) is 2.13. The predicted octanol–water partition coefficient (Wildman–Crippen LogP) is 1.14. The highest BCUT2D eigenvalue weighted by atomic mass is 32.2. The van der Waals surface area contributed by atoms with E-state index in [0.29, 0.717) is 4.90 Å². The Morgan fingerprint density at radius 1 is 1.54 bits per heavy atom. The maximum absolute atomic E-state index is 10.5. The van der Waals surface area contributed by atoms with Crippen molar-refractivity contribution in [3.8, 4) is 0 Å². The molecule has 70 valence electrons. The van der Waals surface area contributed by atoms with Crippen LogP contribution in [0.15, 0.2) is 29.2 Å². The number of aliphatic hydroxyl groups excluding tert-OH is 1. The lowest BCUT2D eigenvalue weighted by molar-refractivity contribution is -0.387. The van der Waals surface area contributed by atoms with Gasteiger partial charge in [0.15, 0.2) is 0 Å². The number of benzene rings is 1. The van der Waals surface area contributed by atoms with Gasteiger partial charge in [-0.2, -0.15) is 0 Å². The summed E-state index contributed by atoms with van der Waals surface area (Å²) < 4.78 is 2.53. The van der Waals surface area contributed by atoms with Gasteiger partial charge in [0.25, 0.3) is 5.69 Å². The molecule has 13 heavy (non-hydrogen) atoms. The highest BCUT2D eigenvalue weighted by Crippen LogP contribution is 2.25. The van der Waals surface area contributed by atoms with Crippen LogP contribution in [-0.4, -0.2) is 16.8 Å². The van der Waals surface area contributed by atoms with Crippen LogP contribution in [0.4, 0.5) is 5.69 Å². The van der Waals surface area contributed by atoms with Crippen molar-refractivity contribution in [1.82, 2.24) is 4.72 Å². The maximum Gasteiger partial charge on any atom is 0.284 e. The highest BCUT2D eigenvalue weighted by molar-refractivity contribution is 7.97. The van der Waals surface area contributed by atoms with E-state index in [-0.39, 0.29) is 12.4 Å². The van der Waals surface area contributed by atoms with Crippen molar-refractivity contribution in [3.05, 3.63) is 34.4 Å². The van der Waals surface area contributed by atoms with Gasteiger partial charge in [0.1, 0.15) is 11.6 Å². The minimum Gasteiger partial charge on any atom is -0.381 e. The summed E-state index contributed by atoms with van der Waals surface area (Å²) in [5.74, 6) is 0. The van der Waals surface area contributed by atoms with Gasteiger partial charge in [0.2, 0.25) is 0 Å². The van der Waals surface area contributed by atoms with Gasteiger partial charge >= 0.3 is 0 Å². The summed E-state index contributed by atoms with van der Waals surface area (Å²) in [4.78, 5) is 10.5. The quantitative estimate of drug-likeness (QED) is 0.330. The molecule has 0 saturated carbocycles. The lowest BCUT2D eigenvalue weighted by atomic mass is 10.3. The summed E-state index contributed by atoms with van der Waals surface area (Å²) in [6.45, 7) is -0.225. The standard InChI is InChI=1S/C7H8N2O3S/c10-5-8-13-7-4-2-1-3-6(7)9(11)12/h1-4,8,10H,5H2. The second kappa shape index (κ2) is 4.80. The van der Waals surface area contributed by atoms with Crippen LogP contribution >= 0.6 is 11.9 Å². The fourth-order valence-electron chi connectivity index (χ4n) is 0.804. The van der Waals surface area contributed by atoms with Crippen LogP contribution in [0.3, 0.4) is 0 Å². The summed E-state index contributed by atoms with van der Waals surface area (Å²) in [7, 11) is 0. The average molecular weight is 200 g/mol. The third-order valence-electron chi connectivity index (χ3n) is 1.31. The third-order valence-corrected chi connectivity index (χ3v) is 2.15. The molecule has 1 aromatic carbocycles. The first-order valence-electron chi connectivity index (χ1n) is 3.49. The van der Waals surface area contributed by atoms with Gasteiger partial charge < -0.3 is 5.11 Å². The Morgan fingerprint density at radius 3 is 2.85 bits per heavy atom. The molecule has 0 radical (unpaired) electrons. The van der Waals surface area contributed by atoms with Gasteiger partial charge in [-0.15, -0.1) is 0 Å². The average Bonchev–Trinajstić information content (AvgIpc) is 2.15. The van der Waals surface area contributed by atoms with E-state index in [0.717, 1.165) is 11.9 Å². The van der Waals surface area contributed by atoms with Gasteiger partial charge in [-0.3, -0.25) is 10.1 Å². The van der Waals surface area contributed by atoms with E-state index >= 15 is 0 Å². The Kier molecular flexibility index (Phi) is 3.69. The van der Waals surface area contributed by atoms with Crippen LogP contribution in [0, 0.1) is 10.1 Å². The zero-order valence-corrected chi connectivity index (χ0v) is 7.45. The summed E-state index contributed by atoms with van der Waals surface area (Å²) in [5, 5.41) is 18.9. The lowest BCUT2D eigenvalue weighted by Gasteiger charge is -2.00. The van der Waals surface area contributed by atoms with Gasteiger partial charge in [0.05, 0.1) is 4.92 Å². The van der Waals surface area contributed by atoms with Crippen LogP contribution in [0.25, 0.3) is 0 Å². The molecular weight excluding hydrogens is 192 g/mol. The number of aliphatic hydroxyl groups is 1. The molecule has 0 atom stereocenters. The normalized spacial score (nSPS) is 9.92. The first-order chi connectivity index (χ1) is 6.25. The molecule has 6 heteroatoms. The highest BCUT2D eigenvalue weighted by Gasteiger charge is 2.11. The Labute approximate surface area is 79.1 Å².